The van der Waals surface area contributed by atoms with Gasteiger partial charge in [0.15, 0.2) is 10.8 Å². The maximum absolute atomic E-state index is 12.4. The second kappa shape index (κ2) is 4.64. The highest BCUT2D eigenvalue weighted by atomic mass is 32.1. The normalized spacial score (nSPS) is 11.8. The summed E-state index contributed by atoms with van der Waals surface area (Å²) in [6.07, 6.45) is -3.78. The molecule has 0 aromatic carbocycles. The molecule has 0 fully saturated rings. The van der Waals surface area contributed by atoms with Crippen LogP contribution in [0, 0.1) is 0 Å². The van der Waals surface area contributed by atoms with Gasteiger partial charge in [-0.25, -0.2) is 18.6 Å². The molecule has 0 aliphatic carbocycles. The molecule has 1 aromatic heterocycles. The lowest BCUT2D eigenvalue weighted by atomic mass is 10.3. The van der Waals surface area contributed by atoms with Crippen LogP contribution in [0.25, 0.3) is 0 Å². The zero-order valence-corrected chi connectivity index (χ0v) is 8.40. The summed E-state index contributed by atoms with van der Waals surface area (Å²) in [5.74, 6) is -5.49. The smallest absolute Gasteiger partial charge is 0.355 e. The van der Waals surface area contributed by atoms with Gasteiger partial charge in [0.2, 0.25) is 0 Å². The van der Waals surface area contributed by atoms with Gasteiger partial charge in [-0.05, 0) is 0 Å². The van der Waals surface area contributed by atoms with Crippen LogP contribution in [0.2, 0.25) is 0 Å². The first-order valence-electron chi connectivity index (χ1n) is 3.91. The van der Waals surface area contributed by atoms with E-state index in [4.69, 9.17) is 5.11 Å². The van der Waals surface area contributed by atoms with Crippen molar-refractivity contribution in [1.82, 2.24) is 4.98 Å². The number of nitrogens with zero attached hydrogens (tertiary/aromatic N) is 1. The fourth-order valence-electron chi connectivity index (χ4n) is 0.724. The predicted octanol–water partition coefficient (Wildman–Crippen LogP) is 2.15. The maximum Gasteiger partial charge on any atom is 0.355 e. The van der Waals surface area contributed by atoms with Gasteiger partial charge in [0.05, 0.1) is 6.54 Å². The number of halogens is 4. The fraction of sp³-hybridized carbons (Fsp3) is 0.429. The van der Waals surface area contributed by atoms with Crippen LogP contribution in [0.1, 0.15) is 10.5 Å². The topological polar surface area (TPSA) is 62.2 Å². The molecule has 0 unspecified atom stereocenters. The zero-order valence-electron chi connectivity index (χ0n) is 7.58. The quantitative estimate of drug-likeness (QED) is 0.794. The predicted molar refractivity (Wildman–Crippen MR) is 48.5 cm³/mol. The molecule has 0 bridgehead atoms. The number of rotatable bonds is 5. The molecular weight excluding hydrogens is 252 g/mol. The number of hydrogen-bond acceptors (Lipinski definition) is 4. The third-order valence-electron chi connectivity index (χ3n) is 1.52. The Hall–Kier alpha value is -1.38. The molecule has 90 valence electrons. The lowest BCUT2D eigenvalue weighted by Crippen LogP contribution is -2.34. The Kier molecular flexibility index (Phi) is 3.68. The first-order valence-corrected chi connectivity index (χ1v) is 4.79. The molecule has 0 saturated heterocycles. The average Bonchev–Trinajstić information content (AvgIpc) is 2.63. The van der Waals surface area contributed by atoms with Gasteiger partial charge in [0, 0.05) is 5.38 Å². The van der Waals surface area contributed by atoms with Crippen molar-refractivity contribution in [2.24, 2.45) is 0 Å². The van der Waals surface area contributed by atoms with Crippen molar-refractivity contribution in [1.29, 1.82) is 0 Å². The van der Waals surface area contributed by atoms with Crippen LogP contribution in [-0.2, 0) is 0 Å². The van der Waals surface area contributed by atoms with Gasteiger partial charge in [-0.2, -0.15) is 8.78 Å². The molecule has 1 rings (SSSR count). The van der Waals surface area contributed by atoms with E-state index in [1.54, 1.807) is 0 Å². The second-order valence-electron chi connectivity index (χ2n) is 2.76. The van der Waals surface area contributed by atoms with E-state index in [-0.39, 0.29) is 10.8 Å². The van der Waals surface area contributed by atoms with Crippen LogP contribution in [0.4, 0.5) is 22.7 Å². The number of carboxylic acid groups (broad SMARTS) is 1. The van der Waals surface area contributed by atoms with E-state index in [2.05, 4.69) is 4.98 Å². The summed E-state index contributed by atoms with van der Waals surface area (Å²) < 4.78 is 48.4. The van der Waals surface area contributed by atoms with E-state index in [0.717, 1.165) is 16.7 Å². The van der Waals surface area contributed by atoms with E-state index in [1.807, 2.05) is 5.32 Å². The summed E-state index contributed by atoms with van der Waals surface area (Å²) in [6, 6.07) is 0. The molecule has 2 N–H and O–H groups in total. The highest BCUT2D eigenvalue weighted by Gasteiger charge is 2.40. The average molecular weight is 258 g/mol. The molecule has 0 aliphatic rings. The van der Waals surface area contributed by atoms with E-state index in [1.165, 1.54) is 0 Å². The number of carboxylic acids is 1. The van der Waals surface area contributed by atoms with Crippen LogP contribution < -0.4 is 5.32 Å². The van der Waals surface area contributed by atoms with Gasteiger partial charge >= 0.3 is 18.3 Å². The first kappa shape index (κ1) is 12.7. The number of hydrogen-bond donors (Lipinski definition) is 2. The van der Waals surface area contributed by atoms with Crippen LogP contribution in [0.5, 0.6) is 0 Å². The SMILES string of the molecule is O=C(O)c1csc(NCC(F)(F)C(F)F)n1. The molecule has 16 heavy (non-hydrogen) atoms. The molecule has 0 amide bonds. The molecule has 0 aliphatic heterocycles. The summed E-state index contributed by atoms with van der Waals surface area (Å²) >= 11 is 0.749. The number of anilines is 1. The van der Waals surface area contributed by atoms with Gasteiger partial charge in [-0.15, -0.1) is 11.3 Å². The van der Waals surface area contributed by atoms with Gasteiger partial charge in [-0.3, -0.25) is 0 Å². The van der Waals surface area contributed by atoms with E-state index in [0.29, 0.717) is 0 Å². The Morgan fingerprint density at radius 2 is 2.25 bits per heavy atom. The molecule has 1 heterocycles. The van der Waals surface area contributed by atoms with Crippen LogP contribution in [-0.4, -0.2) is 35.0 Å². The number of thiazole rings is 1. The van der Waals surface area contributed by atoms with Crippen molar-refractivity contribution < 1.29 is 27.5 Å². The van der Waals surface area contributed by atoms with Crippen LogP contribution in [0.3, 0.4) is 0 Å². The van der Waals surface area contributed by atoms with E-state index < -0.39 is 24.9 Å². The Labute approximate surface area is 90.9 Å². The summed E-state index contributed by atoms with van der Waals surface area (Å²) in [5, 5.41) is 11.4. The Morgan fingerprint density at radius 1 is 1.62 bits per heavy atom. The third kappa shape index (κ3) is 3.05. The summed E-state index contributed by atoms with van der Waals surface area (Å²) in [5.41, 5.74) is -0.326. The third-order valence-corrected chi connectivity index (χ3v) is 2.32. The summed E-state index contributed by atoms with van der Waals surface area (Å²) in [4.78, 5) is 13.8. The van der Waals surface area contributed by atoms with E-state index in [9.17, 15) is 22.4 Å². The fourth-order valence-corrected chi connectivity index (χ4v) is 1.41. The summed E-state index contributed by atoms with van der Waals surface area (Å²) in [6.45, 7) is -1.29. The standard InChI is InChI=1S/C7H6F4N2O2S/c8-5(9)7(10,11)2-12-6-13-3(1-16-6)4(14)15/h1,5H,2H2,(H,12,13)(H,14,15). The van der Waals surface area contributed by atoms with Crippen molar-refractivity contribution >= 4 is 22.4 Å². The zero-order chi connectivity index (χ0) is 12.3. The van der Waals surface area contributed by atoms with Gasteiger partial charge in [0.1, 0.15) is 0 Å². The maximum atomic E-state index is 12.4. The minimum absolute atomic E-state index is 0.141. The molecule has 4 nitrogen and oxygen atoms in total. The molecule has 0 saturated carbocycles. The Morgan fingerprint density at radius 3 is 2.69 bits per heavy atom. The van der Waals surface area contributed by atoms with Crippen LogP contribution in [0.15, 0.2) is 5.38 Å². The molecule has 9 heteroatoms. The first-order chi connectivity index (χ1) is 7.33. The molecule has 0 radical (unpaired) electrons. The largest absolute Gasteiger partial charge is 0.476 e. The molecular formula is C7H6F4N2O2S. The number of aromatic nitrogens is 1. The number of alkyl halides is 4. The van der Waals surface area contributed by atoms with Crippen molar-refractivity contribution in [2.45, 2.75) is 12.3 Å². The van der Waals surface area contributed by atoms with Gasteiger partial charge in [-0.1, -0.05) is 0 Å². The second-order valence-corrected chi connectivity index (χ2v) is 3.62. The number of nitrogens with one attached hydrogen (secondary N) is 1. The minimum atomic E-state index is -4.17. The molecule has 0 spiro atoms. The molecule has 0 atom stereocenters. The van der Waals surface area contributed by atoms with Gasteiger partial charge in [0.25, 0.3) is 0 Å². The number of aromatic carboxylic acids is 1. The summed E-state index contributed by atoms with van der Waals surface area (Å²) in [7, 11) is 0. The van der Waals surface area contributed by atoms with Crippen molar-refractivity contribution in [2.75, 3.05) is 11.9 Å². The minimum Gasteiger partial charge on any atom is -0.476 e. The number of carbonyl (C=O) groups is 1. The highest BCUT2D eigenvalue weighted by molar-refractivity contribution is 7.13. The van der Waals surface area contributed by atoms with Crippen molar-refractivity contribution in [3.8, 4) is 0 Å². The Bertz CT molecular complexity index is 382. The lowest BCUT2D eigenvalue weighted by molar-refractivity contribution is -0.117. The monoisotopic (exact) mass is 258 g/mol. The van der Waals surface area contributed by atoms with E-state index >= 15 is 0 Å². The van der Waals surface area contributed by atoms with Crippen molar-refractivity contribution in [3.63, 3.8) is 0 Å². The highest BCUT2D eigenvalue weighted by Crippen LogP contribution is 2.24. The Balaban J connectivity index is 2.58. The van der Waals surface area contributed by atoms with Crippen LogP contribution >= 0.6 is 11.3 Å². The molecule has 1 aromatic rings. The van der Waals surface area contributed by atoms with Crippen molar-refractivity contribution in [3.05, 3.63) is 11.1 Å². The lowest BCUT2D eigenvalue weighted by Gasteiger charge is -2.14. The van der Waals surface area contributed by atoms with Gasteiger partial charge < -0.3 is 10.4 Å².